The zero-order valence-electron chi connectivity index (χ0n) is 11.5. The Balaban J connectivity index is 1.75. The van der Waals surface area contributed by atoms with Gasteiger partial charge in [-0.2, -0.15) is 0 Å². The quantitative estimate of drug-likeness (QED) is 0.862. The van der Waals surface area contributed by atoms with Crippen molar-refractivity contribution >= 4 is 17.1 Å². The van der Waals surface area contributed by atoms with Gasteiger partial charge in [-0.15, -0.1) is 11.3 Å². The summed E-state index contributed by atoms with van der Waals surface area (Å²) >= 11 is 1.68. The molecule has 3 rings (SSSR count). The van der Waals surface area contributed by atoms with Crippen molar-refractivity contribution in [1.29, 1.82) is 0 Å². The van der Waals surface area contributed by atoms with Gasteiger partial charge in [0.1, 0.15) is 0 Å². The largest absolute Gasteiger partial charge is 0.317 e. The predicted octanol–water partition coefficient (Wildman–Crippen LogP) is 2.46. The summed E-state index contributed by atoms with van der Waals surface area (Å²) in [6.45, 7) is 5.35. The number of thiophene rings is 1. The van der Waals surface area contributed by atoms with E-state index in [1.54, 1.807) is 11.3 Å². The lowest BCUT2D eigenvalue weighted by Crippen LogP contribution is -2.47. The van der Waals surface area contributed by atoms with E-state index in [-0.39, 0.29) is 6.04 Å². The minimum absolute atomic E-state index is 0.136. The number of carbonyl (C=O) groups excluding carboxylic acids is 1. The molecule has 19 heavy (non-hydrogen) atoms. The minimum Gasteiger partial charge on any atom is -0.317 e. The van der Waals surface area contributed by atoms with E-state index in [2.05, 4.69) is 17.1 Å². The van der Waals surface area contributed by atoms with E-state index in [4.69, 9.17) is 0 Å². The number of nitrogens with zero attached hydrogens (tertiary/aromatic N) is 1. The lowest BCUT2D eigenvalue weighted by atomic mass is 9.99. The third-order valence-corrected chi connectivity index (χ3v) is 5.34. The van der Waals surface area contributed by atoms with E-state index in [1.165, 1.54) is 24.1 Å². The van der Waals surface area contributed by atoms with Gasteiger partial charge in [0, 0.05) is 16.5 Å². The van der Waals surface area contributed by atoms with Crippen LogP contribution in [0, 0.1) is 6.92 Å². The number of rotatable bonds is 3. The van der Waals surface area contributed by atoms with Crippen LogP contribution in [-0.4, -0.2) is 42.4 Å². The molecule has 0 spiro atoms. The van der Waals surface area contributed by atoms with E-state index in [0.29, 0.717) is 11.8 Å². The molecule has 1 N–H and O–H groups in total. The maximum absolute atomic E-state index is 12.7. The van der Waals surface area contributed by atoms with Gasteiger partial charge in [0.15, 0.2) is 5.78 Å². The van der Waals surface area contributed by atoms with E-state index in [0.717, 1.165) is 31.6 Å². The summed E-state index contributed by atoms with van der Waals surface area (Å²) < 4.78 is 0. The minimum atomic E-state index is 0.136. The van der Waals surface area contributed by atoms with Gasteiger partial charge < -0.3 is 5.32 Å². The Kier molecular flexibility index (Phi) is 4.01. The smallest absolute Gasteiger partial charge is 0.181 e. The molecule has 2 fully saturated rings. The monoisotopic (exact) mass is 278 g/mol. The van der Waals surface area contributed by atoms with Crippen LogP contribution < -0.4 is 5.32 Å². The van der Waals surface area contributed by atoms with Crippen LogP contribution >= 0.6 is 11.3 Å². The molecular weight excluding hydrogens is 256 g/mol. The fourth-order valence-electron chi connectivity index (χ4n) is 3.47. The molecule has 1 unspecified atom stereocenters. The molecule has 1 aromatic rings. The maximum Gasteiger partial charge on any atom is 0.181 e. The molecule has 1 aromatic heterocycles. The van der Waals surface area contributed by atoms with Crippen molar-refractivity contribution in [2.75, 3.05) is 19.6 Å². The van der Waals surface area contributed by atoms with Crippen LogP contribution in [0.1, 0.15) is 40.9 Å². The van der Waals surface area contributed by atoms with Gasteiger partial charge in [0.05, 0.1) is 6.04 Å². The Labute approximate surface area is 119 Å². The van der Waals surface area contributed by atoms with Crippen LogP contribution in [0.5, 0.6) is 0 Å². The molecule has 1 atom stereocenters. The molecule has 0 radical (unpaired) electrons. The molecule has 3 nitrogen and oxygen atoms in total. The van der Waals surface area contributed by atoms with Gasteiger partial charge >= 0.3 is 0 Å². The highest BCUT2D eigenvalue weighted by Gasteiger charge is 2.36. The van der Waals surface area contributed by atoms with Crippen molar-refractivity contribution in [3.63, 3.8) is 0 Å². The lowest BCUT2D eigenvalue weighted by Gasteiger charge is -2.35. The Morgan fingerprint density at radius 1 is 1.37 bits per heavy atom. The van der Waals surface area contributed by atoms with Gasteiger partial charge in [0.2, 0.25) is 0 Å². The molecule has 0 aliphatic carbocycles. The maximum atomic E-state index is 12.7. The molecule has 2 aliphatic rings. The Bertz CT molecular complexity index is 451. The Morgan fingerprint density at radius 3 is 2.84 bits per heavy atom. The second kappa shape index (κ2) is 5.73. The van der Waals surface area contributed by atoms with Crippen LogP contribution in [0.15, 0.2) is 11.4 Å². The van der Waals surface area contributed by atoms with E-state index in [9.17, 15) is 4.79 Å². The number of likely N-dealkylation sites (tertiary alicyclic amines) is 1. The highest BCUT2D eigenvalue weighted by Crippen LogP contribution is 2.28. The van der Waals surface area contributed by atoms with E-state index in [1.807, 2.05) is 11.4 Å². The Morgan fingerprint density at radius 2 is 2.16 bits per heavy atom. The molecule has 0 saturated carbocycles. The molecule has 2 aliphatic heterocycles. The summed E-state index contributed by atoms with van der Waals surface area (Å²) in [5.41, 5.74) is 0.954. The lowest BCUT2D eigenvalue weighted by molar-refractivity contribution is 0.0783. The van der Waals surface area contributed by atoms with Crippen molar-refractivity contribution in [3.05, 3.63) is 21.9 Å². The fraction of sp³-hybridized carbons (Fsp3) is 0.667. The molecule has 0 bridgehead atoms. The third kappa shape index (κ3) is 2.62. The van der Waals surface area contributed by atoms with Gasteiger partial charge in [-0.3, -0.25) is 9.69 Å². The normalized spacial score (nSPS) is 25.8. The zero-order chi connectivity index (χ0) is 13.2. The second-order valence-corrected chi connectivity index (χ2v) is 6.75. The van der Waals surface area contributed by atoms with Crippen molar-refractivity contribution in [3.8, 4) is 0 Å². The number of ketones is 1. The Hall–Kier alpha value is -0.710. The topological polar surface area (TPSA) is 32.3 Å². The molecule has 104 valence electrons. The van der Waals surface area contributed by atoms with Crippen molar-refractivity contribution < 1.29 is 4.79 Å². The van der Waals surface area contributed by atoms with Crippen molar-refractivity contribution in [2.45, 2.75) is 44.7 Å². The van der Waals surface area contributed by atoms with E-state index < -0.39 is 0 Å². The molecule has 0 amide bonds. The first-order valence-corrected chi connectivity index (χ1v) is 8.20. The van der Waals surface area contributed by atoms with Crippen LogP contribution in [-0.2, 0) is 0 Å². The highest BCUT2D eigenvalue weighted by molar-refractivity contribution is 7.10. The predicted molar refractivity (Wildman–Crippen MR) is 79.0 cm³/mol. The second-order valence-electron chi connectivity index (χ2n) is 5.63. The first-order chi connectivity index (χ1) is 9.27. The van der Waals surface area contributed by atoms with Gasteiger partial charge in [0.25, 0.3) is 0 Å². The average Bonchev–Trinajstić information content (AvgIpc) is 3.07. The zero-order valence-corrected chi connectivity index (χ0v) is 12.3. The number of nitrogens with one attached hydrogen (secondary N) is 1. The summed E-state index contributed by atoms with van der Waals surface area (Å²) in [5.74, 6) is 0.356. The summed E-state index contributed by atoms with van der Waals surface area (Å²) in [5, 5.41) is 5.44. The van der Waals surface area contributed by atoms with Gasteiger partial charge in [-0.1, -0.05) is 0 Å². The molecule has 2 saturated heterocycles. The summed E-state index contributed by atoms with van der Waals surface area (Å²) in [4.78, 5) is 16.4. The number of aryl methyl sites for hydroxylation is 1. The van der Waals surface area contributed by atoms with Crippen LogP contribution in [0.2, 0.25) is 0 Å². The van der Waals surface area contributed by atoms with Gasteiger partial charge in [-0.05, 0) is 63.7 Å². The number of Topliss-reactive ketones (excluding diaryl/α,β-unsaturated/α-hetero) is 1. The van der Waals surface area contributed by atoms with Crippen LogP contribution in [0.3, 0.4) is 0 Å². The van der Waals surface area contributed by atoms with E-state index >= 15 is 0 Å². The summed E-state index contributed by atoms with van der Waals surface area (Å²) in [6, 6.07) is 2.74. The molecule has 4 heteroatoms. The number of hydrogen-bond acceptors (Lipinski definition) is 4. The highest BCUT2D eigenvalue weighted by atomic mass is 32.1. The van der Waals surface area contributed by atoms with Crippen molar-refractivity contribution in [1.82, 2.24) is 10.2 Å². The van der Waals surface area contributed by atoms with Crippen molar-refractivity contribution in [2.24, 2.45) is 0 Å². The molecule has 3 heterocycles. The SMILES string of the molecule is Cc1sccc1C(=O)C1CCCN1C1CCNCC1. The first kappa shape index (κ1) is 13.3. The van der Waals surface area contributed by atoms with Crippen LogP contribution in [0.4, 0.5) is 0 Å². The summed E-state index contributed by atoms with van der Waals surface area (Å²) in [6.07, 6.45) is 4.58. The standard InChI is InChI=1S/C15H22N2OS/c1-11-13(6-10-19-11)15(18)14-3-2-9-17(14)12-4-7-16-8-5-12/h6,10,12,14,16H,2-5,7-9H2,1H3. The number of carbonyl (C=O) groups is 1. The molecule has 0 aromatic carbocycles. The fourth-order valence-corrected chi connectivity index (χ4v) is 4.17. The van der Waals surface area contributed by atoms with Crippen LogP contribution in [0.25, 0.3) is 0 Å². The number of piperidine rings is 1. The third-order valence-electron chi connectivity index (χ3n) is 4.50. The average molecular weight is 278 g/mol. The number of hydrogen-bond donors (Lipinski definition) is 1. The first-order valence-electron chi connectivity index (χ1n) is 7.32. The van der Waals surface area contributed by atoms with Gasteiger partial charge in [-0.25, -0.2) is 0 Å². The molecular formula is C15H22N2OS. The summed E-state index contributed by atoms with van der Waals surface area (Å²) in [7, 11) is 0.